The average Bonchev–Trinajstić information content (AvgIpc) is 2.96. The van der Waals surface area contributed by atoms with E-state index in [1.54, 1.807) is 12.1 Å². The second-order valence-electron chi connectivity index (χ2n) is 6.56. The molecule has 3 rings (SSSR count). The van der Waals surface area contributed by atoms with Crippen LogP contribution >= 0.6 is 0 Å². The molecular formula is C22H24N2O4. The number of nitrogens with zero attached hydrogens (tertiary/aromatic N) is 1. The van der Waals surface area contributed by atoms with E-state index in [0.29, 0.717) is 49.4 Å². The largest absolute Gasteiger partial charge is 0.382 e. The second-order valence-corrected chi connectivity index (χ2v) is 6.56. The van der Waals surface area contributed by atoms with Gasteiger partial charge in [-0.05, 0) is 43.5 Å². The van der Waals surface area contributed by atoms with Crippen molar-refractivity contribution < 1.29 is 19.1 Å². The quantitative estimate of drug-likeness (QED) is 0.536. The highest BCUT2D eigenvalue weighted by molar-refractivity contribution is 6.22. The van der Waals surface area contributed by atoms with Gasteiger partial charge in [0.25, 0.3) is 17.7 Å². The molecule has 2 aromatic rings. The summed E-state index contributed by atoms with van der Waals surface area (Å²) in [5, 5.41) is 2.80. The van der Waals surface area contributed by atoms with Crippen molar-refractivity contribution in [1.82, 2.24) is 10.2 Å². The van der Waals surface area contributed by atoms with Gasteiger partial charge in [0.1, 0.15) is 0 Å². The number of rotatable bonds is 9. The fraction of sp³-hybridized carbons (Fsp3) is 0.318. The SMILES string of the molecule is CCOCCCNC(=O)c1ccc2c(c1)C(=O)N(CCc1ccccc1)C2=O. The highest BCUT2D eigenvalue weighted by Crippen LogP contribution is 2.24. The van der Waals surface area contributed by atoms with Crippen molar-refractivity contribution in [3.63, 3.8) is 0 Å². The molecule has 3 amide bonds. The van der Waals surface area contributed by atoms with E-state index in [2.05, 4.69) is 5.32 Å². The number of benzene rings is 2. The number of amides is 3. The first-order valence-corrected chi connectivity index (χ1v) is 9.52. The molecule has 0 saturated heterocycles. The Morgan fingerprint density at radius 1 is 1.04 bits per heavy atom. The van der Waals surface area contributed by atoms with E-state index in [9.17, 15) is 14.4 Å². The van der Waals surface area contributed by atoms with Crippen molar-refractivity contribution in [3.05, 3.63) is 70.8 Å². The maximum absolute atomic E-state index is 12.7. The third-order valence-corrected chi connectivity index (χ3v) is 4.65. The Bertz CT molecular complexity index is 864. The summed E-state index contributed by atoms with van der Waals surface area (Å²) in [6, 6.07) is 14.4. The Balaban J connectivity index is 1.63. The van der Waals surface area contributed by atoms with Crippen LogP contribution in [0.5, 0.6) is 0 Å². The molecule has 28 heavy (non-hydrogen) atoms. The predicted octanol–water partition coefficient (Wildman–Crippen LogP) is 2.68. The molecule has 0 bridgehead atoms. The molecule has 1 N–H and O–H groups in total. The molecule has 6 heteroatoms. The summed E-state index contributed by atoms with van der Waals surface area (Å²) < 4.78 is 5.24. The van der Waals surface area contributed by atoms with E-state index >= 15 is 0 Å². The number of hydrogen-bond acceptors (Lipinski definition) is 4. The zero-order chi connectivity index (χ0) is 19.9. The Kier molecular flexibility index (Phi) is 6.55. The minimum absolute atomic E-state index is 0.262. The molecule has 0 spiro atoms. The summed E-state index contributed by atoms with van der Waals surface area (Å²) in [6.07, 6.45) is 1.31. The number of ether oxygens (including phenoxy) is 1. The van der Waals surface area contributed by atoms with Crippen LogP contribution in [0.3, 0.4) is 0 Å². The predicted molar refractivity (Wildman–Crippen MR) is 105 cm³/mol. The molecule has 1 aliphatic heterocycles. The van der Waals surface area contributed by atoms with Gasteiger partial charge in [-0.3, -0.25) is 19.3 Å². The molecule has 0 saturated carbocycles. The number of fused-ring (bicyclic) bond motifs is 1. The van der Waals surface area contributed by atoms with Gasteiger partial charge in [0.2, 0.25) is 0 Å². The van der Waals surface area contributed by atoms with Crippen LogP contribution < -0.4 is 5.32 Å². The normalized spacial score (nSPS) is 13.0. The summed E-state index contributed by atoms with van der Waals surface area (Å²) in [5.41, 5.74) is 2.08. The van der Waals surface area contributed by atoms with Crippen molar-refractivity contribution in [1.29, 1.82) is 0 Å². The van der Waals surface area contributed by atoms with Crippen LogP contribution in [0.25, 0.3) is 0 Å². The Morgan fingerprint density at radius 2 is 1.79 bits per heavy atom. The molecule has 0 radical (unpaired) electrons. The van der Waals surface area contributed by atoms with Crippen LogP contribution in [-0.2, 0) is 11.2 Å². The number of nitrogens with one attached hydrogen (secondary N) is 1. The molecule has 2 aromatic carbocycles. The fourth-order valence-electron chi connectivity index (χ4n) is 3.14. The van der Waals surface area contributed by atoms with Gasteiger partial charge in [0, 0.05) is 31.9 Å². The average molecular weight is 380 g/mol. The molecule has 0 fully saturated rings. The Hall–Kier alpha value is -2.99. The van der Waals surface area contributed by atoms with Gasteiger partial charge in [-0.25, -0.2) is 0 Å². The van der Waals surface area contributed by atoms with Crippen LogP contribution in [0, 0.1) is 0 Å². The Morgan fingerprint density at radius 3 is 2.54 bits per heavy atom. The summed E-state index contributed by atoms with van der Waals surface area (Å²) >= 11 is 0. The summed E-state index contributed by atoms with van der Waals surface area (Å²) in [4.78, 5) is 38.8. The van der Waals surface area contributed by atoms with Crippen molar-refractivity contribution in [2.75, 3.05) is 26.3 Å². The highest BCUT2D eigenvalue weighted by atomic mass is 16.5. The minimum Gasteiger partial charge on any atom is -0.382 e. The fourth-order valence-corrected chi connectivity index (χ4v) is 3.14. The van der Waals surface area contributed by atoms with Crippen LogP contribution in [0.2, 0.25) is 0 Å². The topological polar surface area (TPSA) is 75.7 Å². The number of hydrogen-bond donors (Lipinski definition) is 1. The van der Waals surface area contributed by atoms with Gasteiger partial charge in [-0.2, -0.15) is 0 Å². The molecule has 146 valence electrons. The third kappa shape index (κ3) is 4.46. The third-order valence-electron chi connectivity index (χ3n) is 4.65. The standard InChI is InChI=1S/C22H24N2O4/c1-2-28-14-6-12-23-20(25)17-9-10-18-19(15-17)22(27)24(21(18)26)13-11-16-7-4-3-5-8-16/h3-5,7-10,15H,2,6,11-14H2,1H3,(H,23,25). The lowest BCUT2D eigenvalue weighted by molar-refractivity contribution is 0.0656. The molecule has 0 aliphatic carbocycles. The van der Waals surface area contributed by atoms with Crippen LogP contribution in [-0.4, -0.2) is 48.9 Å². The molecular weight excluding hydrogens is 356 g/mol. The number of carbonyl (C=O) groups is 3. The molecule has 0 atom stereocenters. The van der Waals surface area contributed by atoms with Crippen LogP contribution in [0.15, 0.2) is 48.5 Å². The van der Waals surface area contributed by atoms with Crippen molar-refractivity contribution in [2.45, 2.75) is 19.8 Å². The lowest BCUT2D eigenvalue weighted by atomic mass is 10.1. The van der Waals surface area contributed by atoms with Gasteiger partial charge < -0.3 is 10.1 Å². The summed E-state index contributed by atoms with van der Waals surface area (Å²) in [7, 11) is 0. The zero-order valence-corrected chi connectivity index (χ0v) is 15.9. The monoisotopic (exact) mass is 380 g/mol. The Labute approximate surface area is 164 Å². The van der Waals surface area contributed by atoms with Gasteiger partial charge in [-0.15, -0.1) is 0 Å². The van der Waals surface area contributed by atoms with Crippen molar-refractivity contribution in [3.8, 4) is 0 Å². The lowest BCUT2D eigenvalue weighted by Gasteiger charge is -2.13. The second kappa shape index (κ2) is 9.28. The van der Waals surface area contributed by atoms with Gasteiger partial charge >= 0.3 is 0 Å². The molecule has 0 unspecified atom stereocenters. The number of carbonyl (C=O) groups excluding carboxylic acids is 3. The highest BCUT2D eigenvalue weighted by Gasteiger charge is 2.35. The van der Waals surface area contributed by atoms with Crippen LogP contribution in [0.1, 0.15) is 50.0 Å². The van der Waals surface area contributed by atoms with Crippen molar-refractivity contribution >= 4 is 17.7 Å². The number of imide groups is 1. The molecule has 6 nitrogen and oxygen atoms in total. The maximum Gasteiger partial charge on any atom is 0.261 e. The van der Waals surface area contributed by atoms with Gasteiger partial charge in [-0.1, -0.05) is 30.3 Å². The summed E-state index contributed by atoms with van der Waals surface area (Å²) in [5.74, 6) is -0.913. The zero-order valence-electron chi connectivity index (χ0n) is 15.9. The van der Waals surface area contributed by atoms with Gasteiger partial charge in [0.15, 0.2) is 0 Å². The first-order chi connectivity index (χ1) is 13.6. The van der Waals surface area contributed by atoms with Crippen LogP contribution in [0.4, 0.5) is 0 Å². The van der Waals surface area contributed by atoms with E-state index in [0.717, 1.165) is 12.0 Å². The van der Waals surface area contributed by atoms with E-state index < -0.39 is 0 Å². The smallest absolute Gasteiger partial charge is 0.261 e. The van der Waals surface area contributed by atoms with Gasteiger partial charge in [0.05, 0.1) is 11.1 Å². The summed E-state index contributed by atoms with van der Waals surface area (Å²) in [6.45, 7) is 3.96. The molecule has 0 aromatic heterocycles. The maximum atomic E-state index is 12.7. The minimum atomic E-state index is -0.345. The lowest BCUT2D eigenvalue weighted by Crippen LogP contribution is -2.31. The van der Waals surface area contributed by atoms with E-state index in [4.69, 9.17) is 4.74 Å². The van der Waals surface area contributed by atoms with E-state index in [1.807, 2.05) is 37.3 Å². The molecule has 1 heterocycles. The van der Waals surface area contributed by atoms with E-state index in [1.165, 1.54) is 11.0 Å². The first-order valence-electron chi connectivity index (χ1n) is 9.52. The first kappa shape index (κ1) is 19.8. The molecule has 1 aliphatic rings. The van der Waals surface area contributed by atoms with E-state index in [-0.39, 0.29) is 17.7 Å². The van der Waals surface area contributed by atoms with Crippen molar-refractivity contribution in [2.24, 2.45) is 0 Å².